The number of hydrogen-bond acceptors (Lipinski definition) is 6. The van der Waals surface area contributed by atoms with Gasteiger partial charge in [0.25, 0.3) is 11.8 Å². The van der Waals surface area contributed by atoms with Crippen molar-refractivity contribution in [3.63, 3.8) is 0 Å². The number of hydrogen-bond donors (Lipinski definition) is 1. The van der Waals surface area contributed by atoms with Gasteiger partial charge in [0, 0.05) is 55.9 Å². The van der Waals surface area contributed by atoms with Gasteiger partial charge in [-0.05, 0) is 62.6 Å². The number of rotatable bonds is 6. The Balaban J connectivity index is 0.000000385. The second-order valence-electron chi connectivity index (χ2n) is 11.0. The van der Waals surface area contributed by atoms with E-state index >= 15 is 0 Å². The van der Waals surface area contributed by atoms with Crippen LogP contribution in [0.3, 0.4) is 0 Å². The molecule has 5 rings (SSSR count). The molecule has 42 heavy (non-hydrogen) atoms. The molecular weight excluding hydrogens is 575 g/mol. The summed E-state index contributed by atoms with van der Waals surface area (Å²) in [6.45, 7) is 4.40. The first kappa shape index (κ1) is 32.1. The summed E-state index contributed by atoms with van der Waals surface area (Å²) in [7, 11) is 1.87. The van der Waals surface area contributed by atoms with Gasteiger partial charge < -0.3 is 10.2 Å². The Labute approximate surface area is 246 Å². The number of aliphatic imine (C=N–C) groups is 1. The molecule has 12 heteroatoms. The van der Waals surface area contributed by atoms with E-state index in [4.69, 9.17) is 0 Å². The van der Waals surface area contributed by atoms with E-state index in [0.29, 0.717) is 44.6 Å². The Morgan fingerprint density at radius 2 is 1.71 bits per heavy atom. The summed E-state index contributed by atoms with van der Waals surface area (Å²) >= 11 is 1.71. The summed E-state index contributed by atoms with van der Waals surface area (Å²) in [5.41, 5.74) is 1.55. The molecule has 228 valence electrons. The molecule has 3 aliphatic heterocycles. The van der Waals surface area contributed by atoms with Crippen LogP contribution in [0.25, 0.3) is 0 Å². The van der Waals surface area contributed by atoms with Crippen LogP contribution in [0.15, 0.2) is 47.5 Å². The van der Waals surface area contributed by atoms with Crippen LogP contribution in [-0.2, 0) is 17.4 Å². The number of nitrogens with zero attached hydrogens (tertiary/aromatic N) is 3. The van der Waals surface area contributed by atoms with E-state index in [9.17, 15) is 31.5 Å². The first-order valence-electron chi connectivity index (χ1n) is 13.9. The number of piperidine rings is 2. The minimum Gasteiger partial charge on any atom is -0.308 e. The lowest BCUT2D eigenvalue weighted by atomic mass is 9.89. The van der Waals surface area contributed by atoms with Gasteiger partial charge in [0.15, 0.2) is 0 Å². The monoisotopic (exact) mass is 610 g/mol. The zero-order chi connectivity index (χ0) is 30.5. The largest absolute Gasteiger partial charge is 0.416 e. The Kier molecular flexibility index (Phi) is 10.1. The Hall–Kier alpha value is -2.83. The third kappa shape index (κ3) is 8.17. The highest BCUT2D eigenvalue weighted by Gasteiger charge is 2.46. The maximum Gasteiger partial charge on any atom is 0.416 e. The van der Waals surface area contributed by atoms with E-state index in [1.54, 1.807) is 11.9 Å². The number of aldehydes is 1. The number of amidine groups is 1. The quantitative estimate of drug-likeness (QED) is 0.256. The smallest absolute Gasteiger partial charge is 0.308 e. The number of amides is 1. The van der Waals surface area contributed by atoms with Crippen molar-refractivity contribution in [1.82, 2.24) is 14.5 Å². The fourth-order valence-corrected chi connectivity index (χ4v) is 6.13. The maximum absolute atomic E-state index is 13.0. The highest BCUT2D eigenvalue weighted by molar-refractivity contribution is 7.97. The SMILES string of the molecule is CN1CCC(F)(F)CC1.Cc1cc(C=O)ccc1CCSN1CCC2(CC1)N=C(c1cccc(C(F)(F)F)c1)NC2=O. The van der Waals surface area contributed by atoms with Crippen molar-refractivity contribution in [3.05, 3.63) is 70.3 Å². The van der Waals surface area contributed by atoms with Gasteiger partial charge in [0.2, 0.25) is 0 Å². The molecule has 2 aromatic carbocycles. The molecule has 0 unspecified atom stereocenters. The van der Waals surface area contributed by atoms with Gasteiger partial charge >= 0.3 is 6.18 Å². The van der Waals surface area contributed by atoms with Crippen LogP contribution in [0.5, 0.6) is 0 Å². The first-order chi connectivity index (χ1) is 19.8. The molecule has 0 saturated carbocycles. The van der Waals surface area contributed by atoms with Gasteiger partial charge in [0.1, 0.15) is 17.7 Å². The van der Waals surface area contributed by atoms with Gasteiger partial charge in [-0.3, -0.25) is 18.9 Å². The van der Waals surface area contributed by atoms with Crippen LogP contribution >= 0.6 is 11.9 Å². The van der Waals surface area contributed by atoms with Crippen molar-refractivity contribution >= 4 is 30.0 Å². The van der Waals surface area contributed by atoms with Gasteiger partial charge in [-0.15, -0.1) is 0 Å². The number of halogens is 5. The van der Waals surface area contributed by atoms with Crippen molar-refractivity contribution in [2.75, 3.05) is 39.0 Å². The number of likely N-dealkylation sites (tertiary alicyclic amines) is 1. The fraction of sp³-hybridized carbons (Fsp3) is 0.500. The van der Waals surface area contributed by atoms with E-state index < -0.39 is 23.2 Å². The number of carbonyl (C=O) groups is 2. The van der Waals surface area contributed by atoms with E-state index in [1.165, 1.54) is 17.7 Å². The molecule has 3 aliphatic rings. The average molecular weight is 611 g/mol. The number of carbonyl (C=O) groups excluding carboxylic acids is 2. The van der Waals surface area contributed by atoms with E-state index in [1.807, 2.05) is 37.1 Å². The van der Waals surface area contributed by atoms with E-state index in [-0.39, 0.29) is 30.1 Å². The molecule has 1 amide bonds. The summed E-state index contributed by atoms with van der Waals surface area (Å²) in [6, 6.07) is 10.6. The minimum absolute atomic E-state index is 0.0312. The molecule has 0 atom stereocenters. The molecule has 2 fully saturated rings. The van der Waals surface area contributed by atoms with E-state index in [0.717, 1.165) is 36.2 Å². The third-order valence-electron chi connectivity index (χ3n) is 7.86. The zero-order valence-electron chi connectivity index (χ0n) is 23.6. The van der Waals surface area contributed by atoms with Gasteiger partial charge in [0.05, 0.1) is 5.56 Å². The number of alkyl halides is 5. The summed E-state index contributed by atoms with van der Waals surface area (Å²) < 4.78 is 66.0. The van der Waals surface area contributed by atoms with Gasteiger partial charge in [-0.1, -0.05) is 36.2 Å². The summed E-state index contributed by atoms with van der Waals surface area (Å²) in [5, 5.41) is 2.70. The van der Waals surface area contributed by atoms with Crippen LogP contribution in [0.2, 0.25) is 0 Å². The Morgan fingerprint density at radius 3 is 2.31 bits per heavy atom. The first-order valence-corrected chi connectivity index (χ1v) is 14.8. The van der Waals surface area contributed by atoms with Crippen molar-refractivity contribution in [2.24, 2.45) is 4.99 Å². The molecule has 0 aromatic heterocycles. The molecule has 0 bridgehead atoms. The van der Waals surface area contributed by atoms with Crippen LogP contribution in [0, 0.1) is 6.92 Å². The lowest BCUT2D eigenvalue weighted by molar-refractivity contribution is -0.137. The van der Waals surface area contributed by atoms with Crippen molar-refractivity contribution in [1.29, 1.82) is 0 Å². The molecule has 1 spiro atoms. The molecule has 1 N–H and O–H groups in total. The Morgan fingerprint density at radius 1 is 1.02 bits per heavy atom. The summed E-state index contributed by atoms with van der Waals surface area (Å²) in [5.74, 6) is -1.54. The predicted molar refractivity (Wildman–Crippen MR) is 154 cm³/mol. The average Bonchev–Trinajstić information content (AvgIpc) is 3.27. The molecule has 2 saturated heterocycles. The molecule has 0 radical (unpaired) electrons. The molecular formula is C30H35F5N4O2S. The van der Waals surface area contributed by atoms with Crippen LogP contribution < -0.4 is 5.32 Å². The lowest BCUT2D eigenvalue weighted by Crippen LogP contribution is -2.47. The normalized spacial score (nSPS) is 20.5. The van der Waals surface area contributed by atoms with Gasteiger partial charge in [-0.2, -0.15) is 13.2 Å². The summed E-state index contributed by atoms with van der Waals surface area (Å²) in [4.78, 5) is 30.1. The van der Waals surface area contributed by atoms with Crippen LogP contribution in [0.1, 0.15) is 58.3 Å². The second-order valence-corrected chi connectivity index (χ2v) is 12.2. The molecule has 3 heterocycles. The van der Waals surface area contributed by atoms with Crippen LogP contribution in [0.4, 0.5) is 22.0 Å². The summed E-state index contributed by atoms with van der Waals surface area (Å²) in [6.07, 6.45) is -1.64. The van der Waals surface area contributed by atoms with Crippen molar-refractivity contribution < 1.29 is 31.5 Å². The van der Waals surface area contributed by atoms with Crippen molar-refractivity contribution in [2.45, 2.75) is 56.7 Å². The maximum atomic E-state index is 13.0. The molecule has 6 nitrogen and oxygen atoms in total. The highest BCUT2D eigenvalue weighted by atomic mass is 32.2. The Bertz CT molecular complexity index is 1300. The van der Waals surface area contributed by atoms with Gasteiger partial charge in [-0.25, -0.2) is 8.78 Å². The minimum atomic E-state index is -4.45. The lowest BCUT2D eigenvalue weighted by Gasteiger charge is -2.34. The number of aryl methyl sites for hydroxylation is 2. The molecule has 2 aromatic rings. The van der Waals surface area contributed by atoms with Crippen molar-refractivity contribution in [3.8, 4) is 0 Å². The standard InChI is InChI=1S/C24H24F3N3O2S.C6H11F2N/c1-16-13-17(15-31)5-6-18(16)7-12-33-30-10-8-23(9-11-30)22(32)28-21(29-23)19-3-2-4-20(14-19)24(25,26)27;1-9-4-2-6(7,8)3-5-9/h2-6,13-15H,7-12H2,1H3,(H,28,29,32);2-5H2,1H3. The third-order valence-corrected chi connectivity index (χ3v) is 8.98. The highest BCUT2D eigenvalue weighted by Crippen LogP contribution is 2.35. The van der Waals surface area contributed by atoms with Crippen LogP contribution in [-0.4, -0.2) is 77.7 Å². The van der Waals surface area contributed by atoms with E-state index in [2.05, 4.69) is 14.6 Å². The molecule has 0 aliphatic carbocycles. The predicted octanol–water partition coefficient (Wildman–Crippen LogP) is 5.78. The second kappa shape index (κ2) is 13.2. The topological polar surface area (TPSA) is 65.0 Å². The fourth-order valence-electron chi connectivity index (χ4n) is 5.12. The number of nitrogens with one attached hydrogen (secondary N) is 1. The zero-order valence-corrected chi connectivity index (χ0v) is 24.5. The number of benzene rings is 2.